The number of carbonyl (C=O) groups excluding carboxylic acids is 1. The number of hydrogen-bond donors (Lipinski definition) is 0. The molecule has 3 nitrogen and oxygen atoms in total. The van der Waals surface area contributed by atoms with Crippen LogP contribution in [0, 0.1) is 0 Å². The van der Waals surface area contributed by atoms with E-state index in [1.165, 1.54) is 16.1 Å². The van der Waals surface area contributed by atoms with Crippen molar-refractivity contribution in [1.82, 2.24) is 0 Å². The molecule has 0 aliphatic carbocycles. The second-order valence-electron chi connectivity index (χ2n) is 6.62. The third kappa shape index (κ3) is 8.17. The van der Waals surface area contributed by atoms with E-state index in [1.54, 1.807) is 0 Å². The van der Waals surface area contributed by atoms with Crippen LogP contribution >= 0.6 is 0 Å². The molecule has 0 fully saturated rings. The average Bonchev–Trinajstić information content (AvgIpc) is 2.59. The Morgan fingerprint density at radius 2 is 1.64 bits per heavy atom. The van der Waals surface area contributed by atoms with Crippen LogP contribution in [-0.2, 0) is 21.0 Å². The molecule has 0 saturated carbocycles. The summed E-state index contributed by atoms with van der Waals surface area (Å²) in [5.41, 5.74) is 0.746. The molecular formula is C21H24O3Se. The summed E-state index contributed by atoms with van der Waals surface area (Å²) in [7, 11) is 0. The van der Waals surface area contributed by atoms with Gasteiger partial charge in [0.1, 0.15) is 0 Å². The fraction of sp³-hybridized carbons (Fsp3) is 0.286. The van der Waals surface area contributed by atoms with E-state index in [1.807, 2.05) is 63.2 Å². The summed E-state index contributed by atoms with van der Waals surface area (Å²) < 4.78 is 1.31. The Morgan fingerprint density at radius 3 is 2.24 bits per heavy atom. The van der Waals surface area contributed by atoms with Gasteiger partial charge in [-0.1, -0.05) is 0 Å². The van der Waals surface area contributed by atoms with Crippen LogP contribution in [0.25, 0.3) is 0 Å². The minimum absolute atomic E-state index is 0.221. The summed E-state index contributed by atoms with van der Waals surface area (Å²) in [4.78, 5) is 22.0. The quantitative estimate of drug-likeness (QED) is 0.305. The summed E-state index contributed by atoms with van der Waals surface area (Å²) in [6.07, 6.45) is 4.30. The van der Waals surface area contributed by atoms with Crippen molar-refractivity contribution in [3.05, 3.63) is 78.4 Å². The zero-order chi connectivity index (χ0) is 18.1. The van der Waals surface area contributed by atoms with E-state index < -0.39 is 11.6 Å². The molecule has 2 rings (SSSR count). The third-order valence-corrected chi connectivity index (χ3v) is 5.59. The molecule has 1 atom stereocenters. The number of hydrogen-bond acceptors (Lipinski definition) is 3. The van der Waals surface area contributed by atoms with E-state index in [2.05, 4.69) is 24.3 Å². The Balaban J connectivity index is 2.03. The van der Waals surface area contributed by atoms with Crippen LogP contribution in [0.5, 0.6) is 0 Å². The zero-order valence-corrected chi connectivity index (χ0v) is 16.6. The Kier molecular flexibility index (Phi) is 7.45. The third-order valence-electron chi connectivity index (χ3n) is 3.13. The number of allylic oxidation sites excluding steroid dienone is 1. The first-order valence-electron chi connectivity index (χ1n) is 8.26. The monoisotopic (exact) mass is 404 g/mol. The second-order valence-corrected chi connectivity index (χ2v) is 9.37. The van der Waals surface area contributed by atoms with Crippen LogP contribution in [0.4, 0.5) is 0 Å². The van der Waals surface area contributed by atoms with Crippen molar-refractivity contribution >= 4 is 25.4 Å². The van der Waals surface area contributed by atoms with Crippen molar-refractivity contribution in [3.63, 3.8) is 0 Å². The summed E-state index contributed by atoms with van der Waals surface area (Å²) in [6, 6.07) is 20.7. The van der Waals surface area contributed by atoms with E-state index >= 15 is 0 Å². The first-order chi connectivity index (χ1) is 11.9. The van der Waals surface area contributed by atoms with Crippen LogP contribution in [0.3, 0.4) is 0 Å². The van der Waals surface area contributed by atoms with Gasteiger partial charge in [-0.2, -0.15) is 0 Å². The Labute approximate surface area is 156 Å². The number of benzene rings is 2. The summed E-state index contributed by atoms with van der Waals surface area (Å²) >= 11 is 0.221. The van der Waals surface area contributed by atoms with Crippen molar-refractivity contribution in [2.75, 3.05) is 0 Å². The maximum atomic E-state index is 11.9. The molecule has 132 valence electrons. The van der Waals surface area contributed by atoms with Crippen LogP contribution in [0.2, 0.25) is 4.82 Å². The molecule has 0 aromatic heterocycles. The van der Waals surface area contributed by atoms with E-state index in [9.17, 15) is 4.79 Å². The predicted molar refractivity (Wildman–Crippen MR) is 102 cm³/mol. The minimum atomic E-state index is -0.513. The van der Waals surface area contributed by atoms with Gasteiger partial charge in [-0.15, -0.1) is 0 Å². The molecular weight excluding hydrogens is 379 g/mol. The molecule has 0 spiro atoms. The van der Waals surface area contributed by atoms with Gasteiger partial charge in [-0.3, -0.25) is 0 Å². The Hall–Kier alpha value is -1.87. The Bertz CT molecular complexity index is 634. The molecule has 25 heavy (non-hydrogen) atoms. The molecule has 0 bridgehead atoms. The van der Waals surface area contributed by atoms with E-state index in [4.69, 9.17) is 9.78 Å². The Morgan fingerprint density at radius 1 is 1.04 bits per heavy atom. The fourth-order valence-corrected chi connectivity index (χ4v) is 4.35. The molecule has 0 radical (unpaired) electrons. The average molecular weight is 403 g/mol. The summed E-state index contributed by atoms with van der Waals surface area (Å²) in [5, 5.41) is 0. The van der Waals surface area contributed by atoms with Gasteiger partial charge in [-0.05, 0) is 0 Å². The number of rotatable bonds is 7. The molecule has 2 aromatic rings. The van der Waals surface area contributed by atoms with Gasteiger partial charge in [-0.25, -0.2) is 0 Å². The van der Waals surface area contributed by atoms with Crippen LogP contribution in [0.1, 0.15) is 26.3 Å². The molecule has 0 N–H and O–H groups in total. The summed E-state index contributed by atoms with van der Waals surface area (Å²) in [5.74, 6) is -0.475. The van der Waals surface area contributed by atoms with Crippen LogP contribution in [-0.4, -0.2) is 26.5 Å². The van der Waals surface area contributed by atoms with Crippen molar-refractivity contribution in [1.29, 1.82) is 0 Å². The summed E-state index contributed by atoms with van der Waals surface area (Å²) in [6.45, 7) is 5.50. The molecule has 2 aromatic carbocycles. The molecule has 0 amide bonds. The normalized spacial score (nSPS) is 12.9. The fourth-order valence-electron chi connectivity index (χ4n) is 2.05. The van der Waals surface area contributed by atoms with Gasteiger partial charge < -0.3 is 0 Å². The SMILES string of the molecule is CC(C)(C)OOC(=O)/C=C/[C@H](Cc1ccccc1)[Se]c1ccccc1. The molecule has 4 heteroatoms. The molecule has 0 aliphatic rings. The van der Waals surface area contributed by atoms with E-state index in [0.29, 0.717) is 0 Å². The van der Waals surface area contributed by atoms with Gasteiger partial charge in [0.05, 0.1) is 0 Å². The van der Waals surface area contributed by atoms with Crippen molar-refractivity contribution in [2.24, 2.45) is 0 Å². The first-order valence-corrected chi connectivity index (χ1v) is 10.1. The van der Waals surface area contributed by atoms with E-state index in [0.717, 1.165) is 6.42 Å². The van der Waals surface area contributed by atoms with Crippen molar-refractivity contribution < 1.29 is 14.6 Å². The molecule has 0 saturated heterocycles. The van der Waals surface area contributed by atoms with Gasteiger partial charge in [0, 0.05) is 0 Å². The molecule has 0 aliphatic heterocycles. The van der Waals surface area contributed by atoms with Gasteiger partial charge in [0.2, 0.25) is 0 Å². The standard InChI is InChI=1S/C21H24O3Se/c1-21(2,3)24-23-20(22)15-14-19(16-17-10-6-4-7-11-17)25-18-12-8-5-9-13-18/h4-15,19H,16H2,1-3H3/b15-14+/t19-/m1/s1. The zero-order valence-electron chi connectivity index (χ0n) is 14.8. The molecule has 0 unspecified atom stereocenters. The van der Waals surface area contributed by atoms with Crippen LogP contribution in [0.15, 0.2) is 72.8 Å². The van der Waals surface area contributed by atoms with E-state index in [-0.39, 0.29) is 19.8 Å². The van der Waals surface area contributed by atoms with Crippen LogP contribution < -0.4 is 4.46 Å². The van der Waals surface area contributed by atoms with Gasteiger partial charge in [0.25, 0.3) is 0 Å². The predicted octanol–water partition coefficient (Wildman–Crippen LogP) is 3.88. The van der Waals surface area contributed by atoms with Gasteiger partial charge in [0.15, 0.2) is 0 Å². The van der Waals surface area contributed by atoms with Crippen molar-refractivity contribution in [2.45, 2.75) is 37.6 Å². The number of carbonyl (C=O) groups is 1. The first kappa shape index (κ1) is 19.5. The second kappa shape index (κ2) is 9.57. The maximum absolute atomic E-state index is 11.9. The van der Waals surface area contributed by atoms with Gasteiger partial charge >= 0.3 is 156 Å². The van der Waals surface area contributed by atoms with Crippen molar-refractivity contribution in [3.8, 4) is 0 Å². The molecule has 0 heterocycles. The topological polar surface area (TPSA) is 35.5 Å².